The van der Waals surface area contributed by atoms with E-state index in [1.165, 1.54) is 57.1 Å². The van der Waals surface area contributed by atoms with Gasteiger partial charge in [-0.1, -0.05) is 51.9 Å². The number of rotatable bonds is 9. The third-order valence-electron chi connectivity index (χ3n) is 4.45. The molecule has 0 spiro atoms. The average Bonchev–Trinajstić information content (AvgIpc) is 2.87. The molecule has 0 fully saturated rings. The third kappa shape index (κ3) is 4.22. The van der Waals surface area contributed by atoms with E-state index in [1.807, 2.05) is 6.07 Å². The van der Waals surface area contributed by atoms with Crippen LogP contribution in [0, 0.1) is 0 Å². The second-order valence-corrected chi connectivity index (χ2v) is 6.12. The van der Waals surface area contributed by atoms with Gasteiger partial charge in [-0.2, -0.15) is 0 Å². The summed E-state index contributed by atoms with van der Waals surface area (Å²) < 4.78 is 2.32. The smallest absolute Gasteiger partial charge is 0.164 e. The first-order valence-corrected chi connectivity index (χ1v) is 8.54. The Kier molecular flexibility index (Phi) is 6.35. The number of hydrogen-bond acceptors (Lipinski definition) is 1. The van der Waals surface area contributed by atoms with Crippen LogP contribution in [0.2, 0.25) is 0 Å². The second-order valence-electron chi connectivity index (χ2n) is 6.12. The Morgan fingerprint density at radius 3 is 2.45 bits per heavy atom. The highest BCUT2D eigenvalue weighted by atomic mass is 16.1. The highest BCUT2D eigenvalue weighted by Gasteiger charge is 2.19. The highest BCUT2D eigenvalue weighted by molar-refractivity contribution is 5.98. The van der Waals surface area contributed by atoms with Crippen molar-refractivity contribution in [3.05, 3.63) is 23.5 Å². The Morgan fingerprint density at radius 1 is 1.00 bits per heavy atom. The number of Topliss-reactive ketones (excluding diaryl/α,β-unsaturated/α-hetero) is 1. The number of carbonyl (C=O) groups is 1. The largest absolute Gasteiger partial charge is 0.351 e. The number of ketones is 1. The SMILES string of the molecule is CCCCCCCCCCn1ccc2c1CCCC2=O. The summed E-state index contributed by atoms with van der Waals surface area (Å²) in [5.41, 5.74) is 2.29. The molecule has 1 aliphatic carbocycles. The minimum Gasteiger partial charge on any atom is -0.351 e. The van der Waals surface area contributed by atoms with E-state index in [9.17, 15) is 4.79 Å². The van der Waals surface area contributed by atoms with E-state index in [4.69, 9.17) is 0 Å². The molecule has 0 N–H and O–H groups in total. The predicted molar refractivity (Wildman–Crippen MR) is 84.3 cm³/mol. The molecule has 20 heavy (non-hydrogen) atoms. The van der Waals surface area contributed by atoms with Crippen LogP contribution in [0.25, 0.3) is 0 Å². The molecule has 0 saturated heterocycles. The molecule has 2 nitrogen and oxygen atoms in total. The molecule has 1 aromatic rings. The fraction of sp³-hybridized carbons (Fsp3) is 0.722. The van der Waals surface area contributed by atoms with Crippen LogP contribution in [-0.4, -0.2) is 10.4 Å². The Bertz CT molecular complexity index is 419. The quantitative estimate of drug-likeness (QED) is 0.571. The molecule has 1 heterocycles. The lowest BCUT2D eigenvalue weighted by molar-refractivity contribution is 0.0971. The summed E-state index contributed by atoms with van der Waals surface area (Å²) in [4.78, 5) is 11.8. The van der Waals surface area contributed by atoms with Crippen LogP contribution in [0.15, 0.2) is 12.3 Å². The normalized spacial score (nSPS) is 14.6. The lowest BCUT2D eigenvalue weighted by Crippen LogP contribution is -2.13. The molecule has 0 atom stereocenters. The van der Waals surface area contributed by atoms with Gasteiger partial charge in [-0.25, -0.2) is 0 Å². The van der Waals surface area contributed by atoms with E-state index >= 15 is 0 Å². The van der Waals surface area contributed by atoms with E-state index in [0.717, 1.165) is 31.4 Å². The van der Waals surface area contributed by atoms with Crippen molar-refractivity contribution in [3.63, 3.8) is 0 Å². The summed E-state index contributed by atoms with van der Waals surface area (Å²) in [7, 11) is 0. The zero-order valence-electron chi connectivity index (χ0n) is 13.0. The predicted octanol–water partition coefficient (Wildman–Crippen LogP) is 5.15. The van der Waals surface area contributed by atoms with Gasteiger partial charge in [0.05, 0.1) is 0 Å². The van der Waals surface area contributed by atoms with Gasteiger partial charge >= 0.3 is 0 Å². The molecule has 1 aliphatic rings. The van der Waals surface area contributed by atoms with Gasteiger partial charge in [-0.3, -0.25) is 4.79 Å². The molecule has 0 unspecified atom stereocenters. The summed E-state index contributed by atoms with van der Waals surface area (Å²) in [5.74, 6) is 0.348. The van der Waals surface area contributed by atoms with Gasteiger partial charge < -0.3 is 4.57 Å². The van der Waals surface area contributed by atoms with Crippen LogP contribution in [0.4, 0.5) is 0 Å². The van der Waals surface area contributed by atoms with E-state index in [-0.39, 0.29) is 0 Å². The number of unbranched alkanes of at least 4 members (excludes halogenated alkanes) is 7. The summed E-state index contributed by atoms with van der Waals surface area (Å²) in [6.07, 6.45) is 15.9. The molecule has 2 heteroatoms. The number of nitrogens with zero attached hydrogens (tertiary/aromatic N) is 1. The molecule has 0 saturated carbocycles. The number of aromatic nitrogens is 1. The summed E-state index contributed by atoms with van der Waals surface area (Å²) in [5, 5.41) is 0. The first kappa shape index (κ1) is 15.3. The number of fused-ring (bicyclic) bond motifs is 1. The highest BCUT2D eigenvalue weighted by Crippen LogP contribution is 2.22. The molecular formula is C18H29NO. The zero-order valence-corrected chi connectivity index (χ0v) is 13.0. The van der Waals surface area contributed by atoms with Gasteiger partial charge in [0.15, 0.2) is 5.78 Å². The van der Waals surface area contributed by atoms with Crippen LogP contribution in [0.1, 0.15) is 87.2 Å². The number of carbonyl (C=O) groups excluding carboxylic acids is 1. The summed E-state index contributed by atoms with van der Waals surface area (Å²) >= 11 is 0. The Balaban J connectivity index is 1.64. The van der Waals surface area contributed by atoms with E-state index in [2.05, 4.69) is 17.7 Å². The van der Waals surface area contributed by atoms with Gasteiger partial charge in [-0.05, 0) is 25.3 Å². The molecule has 0 radical (unpaired) electrons. The van der Waals surface area contributed by atoms with Gasteiger partial charge in [0, 0.05) is 30.4 Å². The van der Waals surface area contributed by atoms with E-state index in [0.29, 0.717) is 5.78 Å². The minimum atomic E-state index is 0.348. The van der Waals surface area contributed by atoms with Crippen molar-refractivity contribution in [3.8, 4) is 0 Å². The van der Waals surface area contributed by atoms with Crippen molar-refractivity contribution in [1.29, 1.82) is 0 Å². The van der Waals surface area contributed by atoms with Crippen molar-refractivity contribution >= 4 is 5.78 Å². The molecular weight excluding hydrogens is 246 g/mol. The molecule has 0 aliphatic heterocycles. The maximum atomic E-state index is 11.8. The third-order valence-corrected chi connectivity index (χ3v) is 4.45. The molecule has 0 amide bonds. The van der Waals surface area contributed by atoms with Crippen molar-refractivity contribution in [2.75, 3.05) is 0 Å². The van der Waals surface area contributed by atoms with Gasteiger partial charge in [0.1, 0.15) is 0 Å². The van der Waals surface area contributed by atoms with Crippen LogP contribution in [-0.2, 0) is 13.0 Å². The van der Waals surface area contributed by atoms with E-state index in [1.54, 1.807) is 0 Å². The van der Waals surface area contributed by atoms with Crippen LogP contribution < -0.4 is 0 Å². The molecule has 0 aromatic carbocycles. The van der Waals surface area contributed by atoms with Gasteiger partial charge in [0.25, 0.3) is 0 Å². The Hall–Kier alpha value is -1.05. The first-order valence-electron chi connectivity index (χ1n) is 8.54. The number of aryl methyl sites for hydroxylation is 1. The second kappa shape index (κ2) is 8.28. The van der Waals surface area contributed by atoms with Crippen LogP contribution in [0.5, 0.6) is 0 Å². The topological polar surface area (TPSA) is 22.0 Å². The number of hydrogen-bond donors (Lipinski definition) is 0. The summed E-state index contributed by atoms with van der Waals surface area (Å²) in [6, 6.07) is 2.03. The molecule has 1 aromatic heterocycles. The minimum absolute atomic E-state index is 0.348. The monoisotopic (exact) mass is 275 g/mol. The Labute approximate surface area is 123 Å². The van der Waals surface area contributed by atoms with Gasteiger partial charge in [0.2, 0.25) is 0 Å². The lowest BCUT2D eigenvalue weighted by atomic mass is 9.97. The zero-order chi connectivity index (χ0) is 14.2. The van der Waals surface area contributed by atoms with Crippen molar-refractivity contribution < 1.29 is 4.79 Å². The molecule has 112 valence electrons. The summed E-state index contributed by atoms with van der Waals surface area (Å²) in [6.45, 7) is 3.36. The molecule has 2 rings (SSSR count). The van der Waals surface area contributed by atoms with Crippen LogP contribution in [0.3, 0.4) is 0 Å². The fourth-order valence-electron chi connectivity index (χ4n) is 3.21. The van der Waals surface area contributed by atoms with Crippen molar-refractivity contribution in [2.24, 2.45) is 0 Å². The maximum Gasteiger partial charge on any atom is 0.164 e. The fourth-order valence-corrected chi connectivity index (χ4v) is 3.21. The van der Waals surface area contributed by atoms with Crippen LogP contribution >= 0.6 is 0 Å². The average molecular weight is 275 g/mol. The standard InChI is InChI=1S/C18H29NO/c1-2-3-4-5-6-7-8-9-14-19-15-13-16-17(19)11-10-12-18(16)20/h13,15H,2-12,14H2,1H3. The first-order chi connectivity index (χ1) is 9.83. The van der Waals surface area contributed by atoms with E-state index < -0.39 is 0 Å². The lowest BCUT2D eigenvalue weighted by Gasteiger charge is -2.14. The van der Waals surface area contributed by atoms with Gasteiger partial charge in [-0.15, -0.1) is 0 Å². The Morgan fingerprint density at radius 2 is 1.70 bits per heavy atom. The molecule has 0 bridgehead atoms. The van der Waals surface area contributed by atoms with Crippen molar-refractivity contribution in [2.45, 2.75) is 84.1 Å². The van der Waals surface area contributed by atoms with Crippen molar-refractivity contribution in [1.82, 2.24) is 4.57 Å². The maximum absolute atomic E-state index is 11.8.